The van der Waals surface area contributed by atoms with Crippen LogP contribution < -0.4 is 10.6 Å². The average Bonchev–Trinajstić information content (AvgIpc) is 2.97. The Bertz CT molecular complexity index is 375. The van der Waals surface area contributed by atoms with E-state index in [1.54, 1.807) is 6.26 Å². The van der Waals surface area contributed by atoms with Crippen molar-refractivity contribution in [2.45, 2.75) is 51.2 Å². The Kier molecular flexibility index (Phi) is 6.88. The number of furan rings is 1. The van der Waals surface area contributed by atoms with Gasteiger partial charge >= 0.3 is 0 Å². The fraction of sp³-hybridized carbons (Fsp3) is 0.667. The van der Waals surface area contributed by atoms with Crippen LogP contribution in [0.25, 0.3) is 0 Å². The quantitative estimate of drug-likeness (QED) is 0.598. The van der Waals surface area contributed by atoms with Crippen molar-refractivity contribution < 1.29 is 9.15 Å². The van der Waals surface area contributed by atoms with Gasteiger partial charge in [0.1, 0.15) is 12.4 Å². The fourth-order valence-electron chi connectivity index (χ4n) is 2.43. The van der Waals surface area contributed by atoms with Gasteiger partial charge in [0, 0.05) is 19.2 Å². The molecule has 0 amide bonds. The normalized spacial score (nSPS) is 16.0. The van der Waals surface area contributed by atoms with Crippen molar-refractivity contribution in [1.29, 1.82) is 0 Å². The zero-order valence-corrected chi connectivity index (χ0v) is 12.7. The van der Waals surface area contributed by atoms with E-state index in [4.69, 9.17) is 21.4 Å². The van der Waals surface area contributed by atoms with E-state index in [1.165, 1.54) is 32.1 Å². The maximum Gasteiger partial charge on any atom is 0.166 e. The highest BCUT2D eigenvalue weighted by Crippen LogP contribution is 2.17. The molecule has 0 aromatic carbocycles. The average molecular weight is 296 g/mol. The molecular formula is C15H24N2O2S. The topological polar surface area (TPSA) is 46.4 Å². The summed E-state index contributed by atoms with van der Waals surface area (Å²) in [5.41, 5.74) is 0. The van der Waals surface area contributed by atoms with Crippen molar-refractivity contribution in [3.8, 4) is 0 Å². The molecule has 5 heteroatoms. The van der Waals surface area contributed by atoms with Crippen molar-refractivity contribution in [3.05, 3.63) is 24.2 Å². The molecule has 112 valence electrons. The summed E-state index contributed by atoms with van der Waals surface area (Å²) in [7, 11) is 0. The van der Waals surface area contributed by atoms with Gasteiger partial charge in [-0.3, -0.25) is 0 Å². The molecule has 2 N–H and O–H groups in total. The molecule has 0 spiro atoms. The van der Waals surface area contributed by atoms with Gasteiger partial charge in [0.15, 0.2) is 5.11 Å². The Morgan fingerprint density at radius 1 is 1.35 bits per heavy atom. The molecule has 0 atom stereocenters. The summed E-state index contributed by atoms with van der Waals surface area (Å²) in [5, 5.41) is 7.42. The van der Waals surface area contributed by atoms with Gasteiger partial charge in [-0.15, -0.1) is 0 Å². The second-order valence-electron chi connectivity index (χ2n) is 5.22. The molecule has 2 rings (SSSR count). The van der Waals surface area contributed by atoms with Gasteiger partial charge in [0.25, 0.3) is 0 Å². The predicted molar refractivity (Wildman–Crippen MR) is 83.6 cm³/mol. The van der Waals surface area contributed by atoms with Crippen LogP contribution in [0.15, 0.2) is 22.8 Å². The molecule has 1 aliphatic carbocycles. The lowest BCUT2D eigenvalue weighted by molar-refractivity contribution is 0.105. The minimum absolute atomic E-state index is 0.539. The first-order chi connectivity index (χ1) is 9.84. The zero-order chi connectivity index (χ0) is 14.0. The number of rotatable bonds is 7. The molecule has 0 saturated heterocycles. The highest BCUT2D eigenvalue weighted by molar-refractivity contribution is 7.80. The van der Waals surface area contributed by atoms with Gasteiger partial charge in [-0.05, 0) is 43.6 Å². The lowest BCUT2D eigenvalue weighted by atomic mass is 9.96. The Balaban J connectivity index is 1.45. The zero-order valence-electron chi connectivity index (χ0n) is 11.9. The minimum atomic E-state index is 0.539. The van der Waals surface area contributed by atoms with Gasteiger partial charge in [0.05, 0.1) is 6.26 Å². The monoisotopic (exact) mass is 296 g/mol. The summed E-state index contributed by atoms with van der Waals surface area (Å²) in [6, 6.07) is 4.36. The fourth-order valence-corrected chi connectivity index (χ4v) is 2.70. The standard InChI is InChI=1S/C15H24N2O2S/c20-15(17-13-6-2-1-3-7-13)16-9-5-10-18-12-14-8-4-11-19-14/h4,8,11,13H,1-3,5-7,9-10,12H2,(H2,16,17,20). The van der Waals surface area contributed by atoms with Crippen molar-refractivity contribution in [2.75, 3.05) is 13.2 Å². The molecule has 20 heavy (non-hydrogen) atoms. The number of ether oxygens (including phenoxy) is 1. The van der Waals surface area contributed by atoms with Crippen LogP contribution in [0.2, 0.25) is 0 Å². The van der Waals surface area contributed by atoms with E-state index in [-0.39, 0.29) is 0 Å². The summed E-state index contributed by atoms with van der Waals surface area (Å²) in [4.78, 5) is 0. The molecular weight excluding hydrogens is 272 g/mol. The summed E-state index contributed by atoms with van der Waals surface area (Å²) in [5.74, 6) is 0.868. The van der Waals surface area contributed by atoms with Gasteiger partial charge in [-0.25, -0.2) is 0 Å². The largest absolute Gasteiger partial charge is 0.467 e. The summed E-state index contributed by atoms with van der Waals surface area (Å²) >= 11 is 5.30. The van der Waals surface area contributed by atoms with Gasteiger partial charge in [-0.2, -0.15) is 0 Å². The summed E-state index contributed by atoms with van der Waals surface area (Å²) in [6.45, 7) is 2.09. The van der Waals surface area contributed by atoms with Crippen LogP contribution >= 0.6 is 12.2 Å². The van der Waals surface area contributed by atoms with Gasteiger partial charge < -0.3 is 19.8 Å². The van der Waals surface area contributed by atoms with E-state index in [2.05, 4.69) is 10.6 Å². The second-order valence-corrected chi connectivity index (χ2v) is 5.63. The van der Waals surface area contributed by atoms with Crippen LogP contribution in [-0.4, -0.2) is 24.3 Å². The SMILES string of the molecule is S=C(NCCCOCc1ccco1)NC1CCCCC1. The highest BCUT2D eigenvalue weighted by atomic mass is 32.1. The lowest BCUT2D eigenvalue weighted by Crippen LogP contribution is -2.43. The maximum absolute atomic E-state index is 5.51. The third-order valence-electron chi connectivity index (χ3n) is 3.52. The predicted octanol–water partition coefficient (Wildman–Crippen LogP) is 2.98. The molecule has 1 heterocycles. The molecule has 1 aliphatic rings. The number of nitrogens with one attached hydrogen (secondary N) is 2. The van der Waals surface area contributed by atoms with Gasteiger partial charge in [-0.1, -0.05) is 19.3 Å². The highest BCUT2D eigenvalue weighted by Gasteiger charge is 2.13. The third kappa shape index (κ3) is 5.92. The first kappa shape index (κ1) is 15.3. The molecule has 4 nitrogen and oxygen atoms in total. The maximum atomic E-state index is 5.51. The second kappa shape index (κ2) is 8.97. The molecule has 1 aromatic heterocycles. The number of hydrogen-bond acceptors (Lipinski definition) is 3. The molecule has 0 radical (unpaired) electrons. The van der Waals surface area contributed by atoms with Crippen molar-refractivity contribution in [2.24, 2.45) is 0 Å². The van der Waals surface area contributed by atoms with Crippen molar-refractivity contribution in [1.82, 2.24) is 10.6 Å². The Labute approximate surface area is 126 Å². The van der Waals surface area contributed by atoms with Crippen LogP contribution in [0, 0.1) is 0 Å². The van der Waals surface area contributed by atoms with Crippen LogP contribution in [0.4, 0.5) is 0 Å². The van der Waals surface area contributed by atoms with E-state index in [0.29, 0.717) is 19.3 Å². The number of hydrogen-bond donors (Lipinski definition) is 2. The van der Waals surface area contributed by atoms with Crippen LogP contribution in [0.1, 0.15) is 44.3 Å². The minimum Gasteiger partial charge on any atom is -0.467 e. The number of thiocarbonyl (C=S) groups is 1. The smallest absolute Gasteiger partial charge is 0.166 e. The third-order valence-corrected chi connectivity index (χ3v) is 3.78. The van der Waals surface area contributed by atoms with Crippen molar-refractivity contribution >= 4 is 17.3 Å². The van der Waals surface area contributed by atoms with E-state index in [9.17, 15) is 0 Å². The Hall–Kier alpha value is -1.07. The van der Waals surface area contributed by atoms with Crippen LogP contribution in [-0.2, 0) is 11.3 Å². The molecule has 1 fully saturated rings. The van der Waals surface area contributed by atoms with Crippen LogP contribution in [0.3, 0.4) is 0 Å². The first-order valence-electron chi connectivity index (χ1n) is 7.49. The Morgan fingerprint density at radius 3 is 2.95 bits per heavy atom. The molecule has 1 aromatic rings. The van der Waals surface area contributed by atoms with Gasteiger partial charge in [0.2, 0.25) is 0 Å². The van der Waals surface area contributed by atoms with E-state index in [1.807, 2.05) is 12.1 Å². The van der Waals surface area contributed by atoms with E-state index < -0.39 is 0 Å². The molecule has 0 unspecified atom stereocenters. The Morgan fingerprint density at radius 2 is 2.20 bits per heavy atom. The summed E-state index contributed by atoms with van der Waals surface area (Å²) in [6.07, 6.45) is 9.10. The molecule has 0 aliphatic heterocycles. The van der Waals surface area contributed by atoms with E-state index in [0.717, 1.165) is 23.8 Å². The van der Waals surface area contributed by atoms with E-state index >= 15 is 0 Å². The molecule has 1 saturated carbocycles. The summed E-state index contributed by atoms with van der Waals surface area (Å²) < 4.78 is 10.7. The molecule has 0 bridgehead atoms. The first-order valence-corrected chi connectivity index (χ1v) is 7.90. The van der Waals surface area contributed by atoms with Crippen LogP contribution in [0.5, 0.6) is 0 Å². The lowest BCUT2D eigenvalue weighted by Gasteiger charge is -2.24. The van der Waals surface area contributed by atoms with Crippen molar-refractivity contribution in [3.63, 3.8) is 0 Å².